The van der Waals surface area contributed by atoms with E-state index in [9.17, 15) is 9.59 Å². The Bertz CT molecular complexity index is 517. The summed E-state index contributed by atoms with van der Waals surface area (Å²) < 4.78 is 0. The van der Waals surface area contributed by atoms with Crippen molar-refractivity contribution in [2.45, 2.75) is 39.2 Å². The molecule has 1 aromatic carbocycles. The molecular weight excluding hydrogens is 302 g/mol. The zero-order chi connectivity index (χ0) is 15.4. The molecule has 1 aliphatic carbocycles. The Morgan fingerprint density at radius 2 is 1.64 bits per heavy atom. The lowest BCUT2D eigenvalue weighted by atomic mass is 10.0. The van der Waals surface area contributed by atoms with Crippen molar-refractivity contribution in [3.05, 3.63) is 24.3 Å². The van der Waals surface area contributed by atoms with E-state index in [2.05, 4.69) is 10.6 Å². The summed E-state index contributed by atoms with van der Waals surface area (Å²) >= 11 is 0. The molecule has 2 amide bonds. The van der Waals surface area contributed by atoms with Gasteiger partial charge in [0.05, 0.1) is 5.92 Å². The predicted molar refractivity (Wildman–Crippen MR) is 91.1 cm³/mol. The van der Waals surface area contributed by atoms with Crippen molar-refractivity contribution in [1.82, 2.24) is 0 Å². The molecule has 1 aliphatic rings. The van der Waals surface area contributed by atoms with Crippen molar-refractivity contribution in [2.24, 2.45) is 17.6 Å². The topological polar surface area (TPSA) is 84.2 Å². The molecule has 0 radical (unpaired) electrons. The standard InChI is InChI=1S/C16H23N3O2.ClH/c1-10(2)15(20)18-11-6-8-12(9-7-11)19-16(21)13-4-3-5-14(13)17;/h6-10,13-14H,3-5,17H2,1-2H3,(H,18,20)(H,19,21);1H. The van der Waals surface area contributed by atoms with Gasteiger partial charge >= 0.3 is 0 Å². The zero-order valence-corrected chi connectivity index (χ0v) is 13.8. The van der Waals surface area contributed by atoms with Crippen molar-refractivity contribution in [3.63, 3.8) is 0 Å². The largest absolute Gasteiger partial charge is 0.327 e. The minimum atomic E-state index is -0.0923. The minimum Gasteiger partial charge on any atom is -0.327 e. The molecule has 2 atom stereocenters. The van der Waals surface area contributed by atoms with Gasteiger partial charge in [0.2, 0.25) is 11.8 Å². The molecule has 1 saturated carbocycles. The van der Waals surface area contributed by atoms with Crippen LogP contribution in [0.15, 0.2) is 24.3 Å². The molecule has 0 spiro atoms. The summed E-state index contributed by atoms with van der Waals surface area (Å²) in [5, 5.41) is 5.70. The molecule has 2 rings (SSSR count). The summed E-state index contributed by atoms with van der Waals surface area (Å²) in [6, 6.07) is 7.10. The van der Waals surface area contributed by atoms with E-state index in [-0.39, 0.29) is 42.1 Å². The van der Waals surface area contributed by atoms with Gasteiger partial charge in [-0.05, 0) is 37.1 Å². The van der Waals surface area contributed by atoms with Crippen LogP contribution in [0.1, 0.15) is 33.1 Å². The van der Waals surface area contributed by atoms with E-state index in [1.54, 1.807) is 24.3 Å². The van der Waals surface area contributed by atoms with Gasteiger partial charge in [0.1, 0.15) is 0 Å². The van der Waals surface area contributed by atoms with E-state index in [0.29, 0.717) is 0 Å². The van der Waals surface area contributed by atoms with Crippen LogP contribution in [0.2, 0.25) is 0 Å². The molecule has 122 valence electrons. The Kier molecular flexibility index (Phi) is 6.84. The number of carbonyl (C=O) groups is 2. The van der Waals surface area contributed by atoms with Crippen LogP contribution >= 0.6 is 12.4 Å². The molecule has 0 heterocycles. The summed E-state index contributed by atoms with van der Waals surface area (Å²) in [6.45, 7) is 3.68. The Morgan fingerprint density at radius 1 is 1.09 bits per heavy atom. The Labute approximate surface area is 137 Å². The molecule has 0 saturated heterocycles. The van der Waals surface area contributed by atoms with Gasteiger partial charge in [-0.2, -0.15) is 0 Å². The highest BCUT2D eigenvalue weighted by Gasteiger charge is 2.30. The zero-order valence-electron chi connectivity index (χ0n) is 13.0. The van der Waals surface area contributed by atoms with Crippen LogP contribution < -0.4 is 16.4 Å². The van der Waals surface area contributed by atoms with E-state index >= 15 is 0 Å². The van der Waals surface area contributed by atoms with Crippen LogP contribution in [0.3, 0.4) is 0 Å². The minimum absolute atomic E-state index is 0. The van der Waals surface area contributed by atoms with Crippen molar-refractivity contribution in [1.29, 1.82) is 0 Å². The second-order valence-electron chi connectivity index (χ2n) is 5.91. The number of nitrogens with one attached hydrogen (secondary N) is 2. The number of rotatable bonds is 4. The second kappa shape index (κ2) is 8.15. The summed E-state index contributed by atoms with van der Waals surface area (Å²) in [5.74, 6) is -0.193. The normalized spacial score (nSPS) is 20.4. The Balaban J connectivity index is 0.00000242. The number of benzene rings is 1. The predicted octanol–water partition coefficient (Wildman–Crippen LogP) is 2.77. The summed E-state index contributed by atoms with van der Waals surface area (Å²) in [4.78, 5) is 23.7. The van der Waals surface area contributed by atoms with Gasteiger partial charge in [0.15, 0.2) is 0 Å². The SMILES string of the molecule is CC(C)C(=O)Nc1ccc(NC(=O)C2CCCC2N)cc1.Cl. The summed E-state index contributed by atoms with van der Waals surface area (Å²) in [5.41, 5.74) is 7.38. The van der Waals surface area contributed by atoms with Gasteiger partial charge in [-0.25, -0.2) is 0 Å². The average Bonchev–Trinajstić information content (AvgIpc) is 2.87. The van der Waals surface area contributed by atoms with Gasteiger partial charge in [-0.15, -0.1) is 12.4 Å². The van der Waals surface area contributed by atoms with Crippen LogP contribution in [0.5, 0.6) is 0 Å². The number of amides is 2. The second-order valence-corrected chi connectivity index (χ2v) is 5.91. The average molecular weight is 326 g/mol. The molecule has 1 fully saturated rings. The van der Waals surface area contributed by atoms with Gasteiger partial charge in [0.25, 0.3) is 0 Å². The number of anilines is 2. The highest BCUT2D eigenvalue weighted by atomic mass is 35.5. The monoisotopic (exact) mass is 325 g/mol. The number of carbonyl (C=O) groups excluding carboxylic acids is 2. The van der Waals surface area contributed by atoms with Gasteiger partial charge < -0.3 is 16.4 Å². The van der Waals surface area contributed by atoms with Gasteiger partial charge in [-0.3, -0.25) is 9.59 Å². The van der Waals surface area contributed by atoms with E-state index < -0.39 is 0 Å². The molecule has 5 nitrogen and oxygen atoms in total. The van der Waals surface area contributed by atoms with Gasteiger partial charge in [0, 0.05) is 23.3 Å². The Hall–Kier alpha value is -1.59. The molecule has 6 heteroatoms. The first-order chi connectivity index (χ1) is 9.97. The first-order valence-corrected chi connectivity index (χ1v) is 7.44. The third-order valence-electron chi connectivity index (χ3n) is 3.85. The van der Waals surface area contributed by atoms with Crippen molar-refractivity contribution in [3.8, 4) is 0 Å². The smallest absolute Gasteiger partial charge is 0.229 e. The number of hydrogen-bond acceptors (Lipinski definition) is 3. The van der Waals surface area contributed by atoms with Crippen LogP contribution in [-0.4, -0.2) is 17.9 Å². The Morgan fingerprint density at radius 3 is 2.09 bits per heavy atom. The van der Waals surface area contributed by atoms with Crippen LogP contribution in [-0.2, 0) is 9.59 Å². The quantitative estimate of drug-likeness (QED) is 0.795. The van der Waals surface area contributed by atoms with Crippen molar-refractivity contribution >= 4 is 35.6 Å². The fraction of sp³-hybridized carbons (Fsp3) is 0.500. The molecule has 0 bridgehead atoms. The first-order valence-electron chi connectivity index (χ1n) is 7.44. The lowest BCUT2D eigenvalue weighted by Crippen LogP contribution is -2.34. The highest BCUT2D eigenvalue weighted by Crippen LogP contribution is 2.25. The lowest BCUT2D eigenvalue weighted by molar-refractivity contribution is -0.120. The summed E-state index contributed by atoms with van der Waals surface area (Å²) in [7, 11) is 0. The molecule has 2 unspecified atom stereocenters. The van der Waals surface area contributed by atoms with Crippen LogP contribution in [0.25, 0.3) is 0 Å². The maximum absolute atomic E-state index is 12.1. The fourth-order valence-corrected chi connectivity index (χ4v) is 2.47. The number of hydrogen-bond donors (Lipinski definition) is 3. The van der Waals surface area contributed by atoms with E-state index in [4.69, 9.17) is 5.73 Å². The number of halogens is 1. The fourth-order valence-electron chi connectivity index (χ4n) is 2.47. The summed E-state index contributed by atoms with van der Waals surface area (Å²) in [6.07, 6.45) is 2.78. The first kappa shape index (κ1) is 18.5. The maximum atomic E-state index is 12.1. The van der Waals surface area contributed by atoms with Crippen LogP contribution in [0.4, 0.5) is 11.4 Å². The highest BCUT2D eigenvalue weighted by molar-refractivity contribution is 5.94. The lowest BCUT2D eigenvalue weighted by Gasteiger charge is -2.15. The molecule has 0 aromatic heterocycles. The third-order valence-corrected chi connectivity index (χ3v) is 3.85. The number of nitrogens with two attached hydrogens (primary N) is 1. The molecular formula is C16H24ClN3O2. The van der Waals surface area contributed by atoms with Crippen molar-refractivity contribution < 1.29 is 9.59 Å². The maximum Gasteiger partial charge on any atom is 0.229 e. The third kappa shape index (κ3) is 4.71. The van der Waals surface area contributed by atoms with E-state index in [1.165, 1.54) is 0 Å². The van der Waals surface area contributed by atoms with E-state index in [1.807, 2.05) is 13.8 Å². The molecule has 22 heavy (non-hydrogen) atoms. The van der Waals surface area contributed by atoms with Crippen LogP contribution in [0, 0.1) is 11.8 Å². The van der Waals surface area contributed by atoms with E-state index in [0.717, 1.165) is 30.6 Å². The molecule has 4 N–H and O–H groups in total. The van der Waals surface area contributed by atoms with Crippen molar-refractivity contribution in [2.75, 3.05) is 10.6 Å². The molecule has 1 aromatic rings. The van der Waals surface area contributed by atoms with Gasteiger partial charge in [-0.1, -0.05) is 20.3 Å². The molecule has 0 aliphatic heterocycles.